The number of hydrogen-bond acceptors (Lipinski definition) is 3. The van der Waals surface area contributed by atoms with E-state index < -0.39 is 17.8 Å². The van der Waals surface area contributed by atoms with Gasteiger partial charge in [0, 0.05) is 12.6 Å². The van der Waals surface area contributed by atoms with Crippen molar-refractivity contribution in [1.82, 2.24) is 14.8 Å². The molecule has 7 heteroatoms. The molecule has 0 bridgehead atoms. The van der Waals surface area contributed by atoms with Gasteiger partial charge < -0.3 is 9.67 Å². The highest BCUT2D eigenvalue weighted by Gasteiger charge is 2.34. The zero-order chi connectivity index (χ0) is 14.2. The van der Waals surface area contributed by atoms with Crippen LogP contribution < -0.4 is 0 Å². The quantitative estimate of drug-likeness (QED) is 0.913. The zero-order valence-electron chi connectivity index (χ0n) is 10.3. The van der Waals surface area contributed by atoms with E-state index in [-0.39, 0.29) is 17.2 Å². The van der Waals surface area contributed by atoms with Crippen molar-refractivity contribution in [3.05, 3.63) is 35.7 Å². The van der Waals surface area contributed by atoms with Crippen LogP contribution in [0.2, 0.25) is 0 Å². The number of halogens is 3. The molecule has 0 saturated carbocycles. The average molecular weight is 271 g/mol. The van der Waals surface area contributed by atoms with Crippen LogP contribution in [0.15, 0.2) is 24.3 Å². The second kappa shape index (κ2) is 4.65. The van der Waals surface area contributed by atoms with Gasteiger partial charge >= 0.3 is 6.18 Å². The summed E-state index contributed by atoms with van der Waals surface area (Å²) in [4.78, 5) is 0. The minimum absolute atomic E-state index is 0.0584. The van der Waals surface area contributed by atoms with Gasteiger partial charge in [-0.15, -0.1) is 10.2 Å². The molecule has 0 saturated heterocycles. The normalized spacial score (nSPS) is 13.6. The molecule has 0 radical (unpaired) electrons. The monoisotopic (exact) mass is 271 g/mol. The number of aromatic nitrogens is 3. The minimum atomic E-state index is -4.46. The number of rotatable bonds is 2. The van der Waals surface area contributed by atoms with Crippen LogP contribution >= 0.6 is 0 Å². The third kappa shape index (κ3) is 2.46. The van der Waals surface area contributed by atoms with Gasteiger partial charge in [-0.2, -0.15) is 13.2 Å². The first kappa shape index (κ1) is 13.5. The lowest BCUT2D eigenvalue weighted by atomic mass is 10.1. The molecule has 0 amide bonds. The van der Waals surface area contributed by atoms with E-state index in [4.69, 9.17) is 0 Å². The van der Waals surface area contributed by atoms with Crippen LogP contribution in [0.25, 0.3) is 11.4 Å². The highest BCUT2D eigenvalue weighted by molar-refractivity contribution is 5.61. The molecule has 0 spiro atoms. The Bertz CT molecular complexity index is 590. The molecule has 2 aromatic rings. The van der Waals surface area contributed by atoms with E-state index in [1.807, 2.05) is 0 Å². The molecule has 1 aromatic carbocycles. The lowest BCUT2D eigenvalue weighted by Gasteiger charge is -2.12. The van der Waals surface area contributed by atoms with E-state index in [0.717, 1.165) is 6.07 Å². The summed E-state index contributed by atoms with van der Waals surface area (Å²) >= 11 is 0. The first-order chi connectivity index (χ1) is 8.82. The van der Waals surface area contributed by atoms with Crippen LogP contribution in [0.1, 0.15) is 24.4 Å². The Morgan fingerprint density at radius 2 is 1.84 bits per heavy atom. The van der Waals surface area contributed by atoms with Crippen molar-refractivity contribution in [3.8, 4) is 11.4 Å². The molecule has 0 unspecified atom stereocenters. The third-order valence-corrected chi connectivity index (χ3v) is 2.76. The Balaban J connectivity index is 2.60. The summed E-state index contributed by atoms with van der Waals surface area (Å²) in [7, 11) is 1.52. The van der Waals surface area contributed by atoms with Gasteiger partial charge in [0.1, 0.15) is 6.10 Å². The highest BCUT2D eigenvalue weighted by atomic mass is 19.4. The van der Waals surface area contributed by atoms with Crippen molar-refractivity contribution in [3.63, 3.8) is 0 Å². The molecule has 19 heavy (non-hydrogen) atoms. The lowest BCUT2D eigenvalue weighted by molar-refractivity contribution is -0.137. The number of alkyl halides is 3. The summed E-state index contributed by atoms with van der Waals surface area (Å²) in [5, 5.41) is 16.9. The molecule has 1 N–H and O–H groups in total. The highest BCUT2D eigenvalue weighted by Crippen LogP contribution is 2.36. The predicted octanol–water partition coefficient (Wildman–Crippen LogP) is 2.55. The number of nitrogens with zero attached hydrogens (tertiary/aromatic N) is 3. The second-order valence-corrected chi connectivity index (χ2v) is 4.16. The Hall–Kier alpha value is -1.89. The van der Waals surface area contributed by atoms with Gasteiger partial charge in [0.25, 0.3) is 0 Å². The third-order valence-electron chi connectivity index (χ3n) is 2.76. The van der Waals surface area contributed by atoms with Gasteiger partial charge in [0.05, 0.1) is 5.56 Å². The van der Waals surface area contributed by atoms with Gasteiger partial charge in [-0.1, -0.05) is 18.2 Å². The largest absolute Gasteiger partial charge is 0.417 e. The fraction of sp³-hybridized carbons (Fsp3) is 0.333. The molecule has 1 atom stereocenters. The van der Waals surface area contributed by atoms with Crippen LogP contribution in [0.3, 0.4) is 0 Å². The van der Waals surface area contributed by atoms with E-state index in [9.17, 15) is 18.3 Å². The Morgan fingerprint density at radius 3 is 2.37 bits per heavy atom. The SMILES string of the molecule is C[C@H](O)c1nnc(-c2ccccc2C(F)(F)F)n1C. The van der Waals surface area contributed by atoms with Crippen LogP contribution in [-0.4, -0.2) is 19.9 Å². The fourth-order valence-corrected chi connectivity index (χ4v) is 1.86. The molecular formula is C12H12F3N3O. The first-order valence-electron chi connectivity index (χ1n) is 5.56. The standard InChI is InChI=1S/C12H12F3N3O/c1-7(19)10-16-17-11(18(10)2)8-5-3-4-6-9(8)12(13,14)15/h3-7,19H,1-2H3/t7-/m0/s1. The number of benzene rings is 1. The molecule has 102 valence electrons. The van der Waals surface area contributed by atoms with Crippen LogP contribution in [-0.2, 0) is 13.2 Å². The molecule has 4 nitrogen and oxygen atoms in total. The average Bonchev–Trinajstić information content (AvgIpc) is 2.70. The van der Waals surface area contributed by atoms with Crippen LogP contribution in [0.5, 0.6) is 0 Å². The summed E-state index contributed by atoms with van der Waals surface area (Å²) in [6.45, 7) is 1.48. The molecule has 1 aromatic heterocycles. The van der Waals surface area contributed by atoms with Gasteiger partial charge in [0.2, 0.25) is 0 Å². The van der Waals surface area contributed by atoms with Crippen LogP contribution in [0, 0.1) is 0 Å². The summed E-state index contributed by atoms with van der Waals surface area (Å²) < 4.78 is 40.1. The summed E-state index contributed by atoms with van der Waals surface area (Å²) in [6, 6.07) is 5.14. The molecule has 1 heterocycles. The van der Waals surface area contributed by atoms with E-state index in [2.05, 4.69) is 10.2 Å². The molecule has 0 aliphatic rings. The van der Waals surface area contributed by atoms with E-state index >= 15 is 0 Å². The first-order valence-corrected chi connectivity index (χ1v) is 5.56. The Kier molecular flexibility index (Phi) is 3.32. The van der Waals surface area contributed by atoms with Gasteiger partial charge in [0.15, 0.2) is 11.6 Å². The van der Waals surface area contributed by atoms with Crippen molar-refractivity contribution >= 4 is 0 Å². The molecule has 0 fully saturated rings. The predicted molar refractivity (Wildman–Crippen MR) is 62.1 cm³/mol. The van der Waals surface area contributed by atoms with E-state index in [1.165, 1.54) is 36.7 Å². The smallest absolute Gasteiger partial charge is 0.385 e. The summed E-state index contributed by atoms with van der Waals surface area (Å²) in [5.41, 5.74) is -0.834. The van der Waals surface area contributed by atoms with Crippen molar-refractivity contribution in [2.24, 2.45) is 7.05 Å². The topological polar surface area (TPSA) is 50.9 Å². The maximum atomic E-state index is 12.9. The zero-order valence-corrected chi connectivity index (χ0v) is 10.3. The molecule has 0 aliphatic carbocycles. The molecule has 2 rings (SSSR count). The molecule has 0 aliphatic heterocycles. The summed E-state index contributed by atoms with van der Waals surface area (Å²) in [5.74, 6) is 0.288. The number of aliphatic hydroxyl groups excluding tert-OH is 1. The fourth-order valence-electron chi connectivity index (χ4n) is 1.86. The van der Waals surface area contributed by atoms with Crippen molar-refractivity contribution < 1.29 is 18.3 Å². The molecular weight excluding hydrogens is 259 g/mol. The van der Waals surface area contributed by atoms with Crippen molar-refractivity contribution in [1.29, 1.82) is 0 Å². The van der Waals surface area contributed by atoms with Crippen LogP contribution in [0.4, 0.5) is 13.2 Å². The van der Waals surface area contributed by atoms with Crippen molar-refractivity contribution in [2.75, 3.05) is 0 Å². The van der Waals surface area contributed by atoms with Crippen molar-refractivity contribution in [2.45, 2.75) is 19.2 Å². The van der Waals surface area contributed by atoms with Gasteiger partial charge in [-0.05, 0) is 13.0 Å². The number of aliphatic hydroxyl groups is 1. The second-order valence-electron chi connectivity index (χ2n) is 4.16. The maximum Gasteiger partial charge on any atom is 0.417 e. The Morgan fingerprint density at radius 1 is 1.21 bits per heavy atom. The van der Waals surface area contributed by atoms with Gasteiger partial charge in [-0.25, -0.2) is 0 Å². The maximum absolute atomic E-state index is 12.9. The summed E-state index contributed by atoms with van der Waals surface area (Å²) in [6.07, 6.45) is -5.36. The minimum Gasteiger partial charge on any atom is -0.385 e. The Labute approximate surface area is 107 Å². The van der Waals surface area contributed by atoms with Gasteiger partial charge in [-0.3, -0.25) is 0 Å². The van der Waals surface area contributed by atoms with E-state index in [1.54, 1.807) is 0 Å². The lowest BCUT2D eigenvalue weighted by Crippen LogP contribution is -2.09. The number of hydrogen-bond donors (Lipinski definition) is 1. The van der Waals surface area contributed by atoms with E-state index in [0.29, 0.717) is 0 Å².